The van der Waals surface area contributed by atoms with Crippen molar-refractivity contribution in [2.45, 2.75) is 18.9 Å². The Balaban J connectivity index is 2.03. The third-order valence-corrected chi connectivity index (χ3v) is 2.59. The Bertz CT molecular complexity index is 135. The van der Waals surface area contributed by atoms with Gasteiger partial charge in [-0.15, -0.1) is 0 Å². The highest BCUT2D eigenvalue weighted by atomic mass is 16.5. The Labute approximate surface area is 85.8 Å². The first-order valence-electron chi connectivity index (χ1n) is 5.30. The van der Waals surface area contributed by atoms with Crippen LogP contribution >= 0.6 is 0 Å². The van der Waals surface area contributed by atoms with Gasteiger partial charge in [0.1, 0.15) is 0 Å². The molecule has 1 rings (SSSR count). The van der Waals surface area contributed by atoms with Crippen molar-refractivity contribution in [2.24, 2.45) is 0 Å². The molecule has 1 aliphatic heterocycles. The van der Waals surface area contributed by atoms with Gasteiger partial charge < -0.3 is 19.5 Å². The van der Waals surface area contributed by atoms with Gasteiger partial charge in [0.05, 0.1) is 25.9 Å². The maximum atomic E-state index is 8.77. The largest absolute Gasteiger partial charge is 0.395 e. The molecule has 0 radical (unpaired) electrons. The van der Waals surface area contributed by atoms with E-state index in [9.17, 15) is 0 Å². The lowest BCUT2D eigenvalue weighted by Crippen LogP contribution is -2.38. The highest BCUT2D eigenvalue weighted by molar-refractivity contribution is 4.72. The van der Waals surface area contributed by atoms with Crippen LogP contribution in [0, 0.1) is 0 Å². The molecule has 0 amide bonds. The van der Waals surface area contributed by atoms with Crippen molar-refractivity contribution in [2.75, 3.05) is 46.6 Å². The second-order valence-electron chi connectivity index (χ2n) is 3.63. The molecule has 1 N–H and O–H groups in total. The highest BCUT2D eigenvalue weighted by Gasteiger charge is 2.18. The molecule has 1 saturated heterocycles. The summed E-state index contributed by atoms with van der Waals surface area (Å²) < 4.78 is 10.6. The number of aliphatic hydroxyl groups excluding tert-OH is 1. The smallest absolute Gasteiger partial charge is 0.0704 e. The SMILES string of the molecule is COCCOC1CCN(CCO)CC1. The van der Waals surface area contributed by atoms with Crippen molar-refractivity contribution in [1.29, 1.82) is 0 Å². The van der Waals surface area contributed by atoms with Crippen LogP contribution in [0.4, 0.5) is 0 Å². The van der Waals surface area contributed by atoms with E-state index in [-0.39, 0.29) is 6.61 Å². The van der Waals surface area contributed by atoms with Crippen LogP contribution in [0.3, 0.4) is 0 Å². The van der Waals surface area contributed by atoms with Crippen LogP contribution in [0.1, 0.15) is 12.8 Å². The van der Waals surface area contributed by atoms with E-state index in [2.05, 4.69) is 4.90 Å². The number of hydrogen-bond donors (Lipinski definition) is 1. The van der Waals surface area contributed by atoms with Gasteiger partial charge in [0, 0.05) is 26.7 Å². The first kappa shape index (κ1) is 11.9. The van der Waals surface area contributed by atoms with Crippen LogP contribution < -0.4 is 0 Å². The molecule has 0 unspecified atom stereocenters. The van der Waals surface area contributed by atoms with E-state index in [0.29, 0.717) is 19.3 Å². The molecule has 1 heterocycles. The Morgan fingerprint density at radius 2 is 2.00 bits per heavy atom. The molecule has 0 aromatic carbocycles. The third kappa shape index (κ3) is 4.37. The number of nitrogens with zero attached hydrogens (tertiary/aromatic N) is 1. The lowest BCUT2D eigenvalue weighted by atomic mass is 10.1. The number of ether oxygens (including phenoxy) is 2. The zero-order valence-electron chi connectivity index (χ0n) is 8.95. The second-order valence-corrected chi connectivity index (χ2v) is 3.63. The molecule has 1 aliphatic rings. The van der Waals surface area contributed by atoms with Gasteiger partial charge in [-0.1, -0.05) is 0 Å². The topological polar surface area (TPSA) is 41.9 Å². The van der Waals surface area contributed by atoms with Gasteiger partial charge >= 0.3 is 0 Å². The van der Waals surface area contributed by atoms with Gasteiger partial charge in [-0.05, 0) is 12.8 Å². The number of methoxy groups -OCH3 is 1. The minimum absolute atomic E-state index is 0.259. The summed E-state index contributed by atoms with van der Waals surface area (Å²) in [4.78, 5) is 2.27. The summed E-state index contributed by atoms with van der Waals surface area (Å²) in [5.74, 6) is 0. The molecule has 0 aromatic rings. The van der Waals surface area contributed by atoms with Crippen LogP contribution in [-0.4, -0.2) is 62.7 Å². The molecule has 0 saturated carbocycles. The first-order chi connectivity index (χ1) is 6.86. The zero-order chi connectivity index (χ0) is 10.2. The van der Waals surface area contributed by atoms with Gasteiger partial charge in [0.25, 0.3) is 0 Å². The fourth-order valence-corrected chi connectivity index (χ4v) is 1.74. The Morgan fingerprint density at radius 3 is 2.57 bits per heavy atom. The normalized spacial score (nSPS) is 20.1. The van der Waals surface area contributed by atoms with E-state index in [0.717, 1.165) is 32.5 Å². The average molecular weight is 203 g/mol. The second kappa shape index (κ2) is 7.17. The lowest BCUT2D eigenvalue weighted by molar-refractivity contribution is -0.0163. The van der Waals surface area contributed by atoms with E-state index in [1.165, 1.54) is 0 Å². The van der Waals surface area contributed by atoms with Gasteiger partial charge in [-0.2, -0.15) is 0 Å². The van der Waals surface area contributed by atoms with Crippen molar-refractivity contribution in [3.05, 3.63) is 0 Å². The van der Waals surface area contributed by atoms with Crippen LogP contribution in [-0.2, 0) is 9.47 Å². The average Bonchev–Trinajstić information content (AvgIpc) is 2.21. The van der Waals surface area contributed by atoms with Crippen molar-refractivity contribution < 1.29 is 14.6 Å². The third-order valence-electron chi connectivity index (χ3n) is 2.59. The zero-order valence-corrected chi connectivity index (χ0v) is 8.95. The van der Waals surface area contributed by atoms with Crippen LogP contribution in [0.2, 0.25) is 0 Å². The van der Waals surface area contributed by atoms with E-state index >= 15 is 0 Å². The lowest BCUT2D eigenvalue weighted by Gasteiger charge is -2.31. The fourth-order valence-electron chi connectivity index (χ4n) is 1.74. The summed E-state index contributed by atoms with van der Waals surface area (Å²) in [6.07, 6.45) is 2.54. The van der Waals surface area contributed by atoms with Crippen molar-refractivity contribution in [3.8, 4) is 0 Å². The van der Waals surface area contributed by atoms with E-state index in [1.807, 2.05) is 0 Å². The van der Waals surface area contributed by atoms with Crippen LogP contribution in [0.25, 0.3) is 0 Å². The molecule has 84 valence electrons. The van der Waals surface area contributed by atoms with Crippen molar-refractivity contribution in [3.63, 3.8) is 0 Å². The number of piperidine rings is 1. The minimum Gasteiger partial charge on any atom is -0.395 e. The Hall–Kier alpha value is -0.160. The molecule has 0 bridgehead atoms. The molecule has 0 spiro atoms. The summed E-state index contributed by atoms with van der Waals surface area (Å²) in [7, 11) is 1.69. The Morgan fingerprint density at radius 1 is 1.29 bits per heavy atom. The predicted octanol–water partition coefficient (Wildman–Crippen LogP) is 0.106. The van der Waals surface area contributed by atoms with Gasteiger partial charge in [-0.25, -0.2) is 0 Å². The maximum Gasteiger partial charge on any atom is 0.0704 e. The standard InChI is InChI=1S/C10H21NO3/c1-13-8-9-14-10-2-4-11(5-3-10)6-7-12/h10,12H,2-9H2,1H3. The molecule has 4 heteroatoms. The fraction of sp³-hybridized carbons (Fsp3) is 1.00. The van der Waals surface area contributed by atoms with E-state index in [4.69, 9.17) is 14.6 Å². The molecule has 0 aromatic heterocycles. The van der Waals surface area contributed by atoms with Gasteiger partial charge in [0.2, 0.25) is 0 Å². The van der Waals surface area contributed by atoms with Crippen LogP contribution in [0.5, 0.6) is 0 Å². The summed E-state index contributed by atoms with van der Waals surface area (Å²) >= 11 is 0. The Kier molecular flexibility index (Phi) is 6.10. The molecule has 4 nitrogen and oxygen atoms in total. The number of hydrogen-bond acceptors (Lipinski definition) is 4. The van der Waals surface area contributed by atoms with Gasteiger partial charge in [0.15, 0.2) is 0 Å². The highest BCUT2D eigenvalue weighted by Crippen LogP contribution is 2.12. The minimum atomic E-state index is 0.259. The summed E-state index contributed by atoms with van der Waals surface area (Å²) in [6, 6.07) is 0. The van der Waals surface area contributed by atoms with Crippen molar-refractivity contribution >= 4 is 0 Å². The molecule has 0 atom stereocenters. The summed E-state index contributed by atoms with van der Waals surface area (Å²) in [5.41, 5.74) is 0. The van der Waals surface area contributed by atoms with E-state index in [1.54, 1.807) is 7.11 Å². The van der Waals surface area contributed by atoms with Gasteiger partial charge in [-0.3, -0.25) is 0 Å². The maximum absolute atomic E-state index is 8.77. The number of aliphatic hydroxyl groups is 1. The van der Waals surface area contributed by atoms with Crippen molar-refractivity contribution in [1.82, 2.24) is 4.90 Å². The van der Waals surface area contributed by atoms with E-state index < -0.39 is 0 Å². The molecular weight excluding hydrogens is 182 g/mol. The van der Waals surface area contributed by atoms with Crippen LogP contribution in [0.15, 0.2) is 0 Å². The summed E-state index contributed by atoms with van der Waals surface area (Å²) in [5, 5.41) is 8.77. The number of rotatable bonds is 6. The monoisotopic (exact) mass is 203 g/mol. The molecule has 14 heavy (non-hydrogen) atoms. The molecular formula is C10H21NO3. The number of β-amino-alcohol motifs (C(OH)–C–C–N with tert-alkyl or cyclic N) is 1. The summed E-state index contributed by atoms with van der Waals surface area (Å²) in [6.45, 7) is 4.51. The first-order valence-corrected chi connectivity index (χ1v) is 5.30. The number of likely N-dealkylation sites (tertiary alicyclic amines) is 1. The molecule has 1 fully saturated rings. The predicted molar refractivity (Wildman–Crippen MR) is 54.4 cm³/mol. The molecule has 0 aliphatic carbocycles. The quantitative estimate of drug-likeness (QED) is 0.622.